The molecule has 188 valence electrons. The number of fused-ring (bicyclic) bond motifs is 3. The normalized spacial score (nSPS) is 15.0. The van der Waals surface area contributed by atoms with Crippen LogP contribution in [-0.4, -0.2) is 55.5 Å². The van der Waals surface area contributed by atoms with E-state index < -0.39 is 36.0 Å². The number of benzene rings is 2. The van der Waals surface area contributed by atoms with Crippen molar-refractivity contribution in [1.82, 2.24) is 10.8 Å². The molecule has 2 aromatic carbocycles. The lowest BCUT2D eigenvalue weighted by Crippen LogP contribution is -2.49. The van der Waals surface area contributed by atoms with Crippen LogP contribution in [0.4, 0.5) is 4.79 Å². The van der Waals surface area contributed by atoms with E-state index in [9.17, 15) is 14.4 Å². The van der Waals surface area contributed by atoms with Gasteiger partial charge >= 0.3 is 12.1 Å². The Morgan fingerprint density at radius 1 is 0.971 bits per heavy atom. The lowest BCUT2D eigenvalue weighted by atomic mass is 9.89. The molecule has 0 saturated heterocycles. The summed E-state index contributed by atoms with van der Waals surface area (Å²) in [6, 6.07) is 15.5. The maximum atomic E-state index is 12.7. The molecule has 1 aliphatic rings. The molecular formula is C26H32N2O7. The van der Waals surface area contributed by atoms with Crippen LogP contribution in [0.1, 0.15) is 37.8 Å². The Bertz CT molecular complexity index is 1010. The van der Waals surface area contributed by atoms with Crippen molar-refractivity contribution in [3.8, 4) is 11.1 Å². The summed E-state index contributed by atoms with van der Waals surface area (Å²) in [5.74, 6) is -2.75. The number of carboxylic acid groups (broad SMARTS) is 1. The second kappa shape index (κ2) is 11.8. The van der Waals surface area contributed by atoms with E-state index in [1.165, 1.54) is 7.11 Å². The van der Waals surface area contributed by atoms with E-state index in [0.29, 0.717) is 0 Å². The minimum Gasteiger partial charge on any atom is -0.479 e. The number of carbonyl (C=O) groups excluding carboxylic acids is 2. The number of carbonyl (C=O) groups is 3. The lowest BCUT2D eigenvalue weighted by molar-refractivity contribution is -0.167. The molecule has 3 rings (SSSR count). The summed E-state index contributed by atoms with van der Waals surface area (Å²) in [6.45, 7) is 5.27. The van der Waals surface area contributed by atoms with E-state index in [0.717, 1.165) is 22.3 Å². The third-order valence-electron chi connectivity index (χ3n) is 6.14. The average molecular weight is 485 g/mol. The molecule has 0 fully saturated rings. The van der Waals surface area contributed by atoms with E-state index >= 15 is 0 Å². The number of aliphatic carboxylic acids is 1. The van der Waals surface area contributed by atoms with Gasteiger partial charge in [-0.2, -0.15) is 0 Å². The maximum Gasteiger partial charge on any atom is 0.407 e. The van der Waals surface area contributed by atoms with Gasteiger partial charge in [-0.15, -0.1) is 0 Å². The Kier molecular flexibility index (Phi) is 8.84. The molecule has 1 aliphatic carbocycles. The molecule has 2 aromatic rings. The smallest absolute Gasteiger partial charge is 0.407 e. The first kappa shape index (κ1) is 26.2. The van der Waals surface area contributed by atoms with E-state index in [-0.39, 0.29) is 25.0 Å². The van der Waals surface area contributed by atoms with Crippen molar-refractivity contribution < 1.29 is 33.8 Å². The Balaban J connectivity index is 1.59. The number of nitrogens with one attached hydrogen (secondary N) is 2. The lowest BCUT2D eigenvalue weighted by Gasteiger charge is -2.27. The highest BCUT2D eigenvalue weighted by atomic mass is 16.7. The Labute approximate surface area is 204 Å². The van der Waals surface area contributed by atoms with E-state index in [1.54, 1.807) is 6.92 Å². The zero-order valence-corrected chi connectivity index (χ0v) is 20.3. The molecule has 0 aromatic heterocycles. The monoisotopic (exact) mass is 484 g/mol. The van der Waals surface area contributed by atoms with Crippen molar-refractivity contribution >= 4 is 18.0 Å². The van der Waals surface area contributed by atoms with Crippen LogP contribution in [-0.2, 0) is 23.9 Å². The van der Waals surface area contributed by atoms with E-state index in [1.807, 2.05) is 50.2 Å². The van der Waals surface area contributed by atoms with Crippen molar-refractivity contribution in [2.45, 2.75) is 38.8 Å². The quantitative estimate of drug-likeness (QED) is 0.418. The number of hydroxylamine groups is 1. The fourth-order valence-electron chi connectivity index (χ4n) is 4.53. The van der Waals surface area contributed by atoms with Gasteiger partial charge in [-0.1, -0.05) is 62.4 Å². The Morgan fingerprint density at radius 3 is 2.06 bits per heavy atom. The van der Waals surface area contributed by atoms with Crippen LogP contribution in [0, 0.1) is 11.8 Å². The van der Waals surface area contributed by atoms with Crippen LogP contribution >= 0.6 is 0 Å². The number of rotatable bonds is 11. The largest absolute Gasteiger partial charge is 0.479 e. The minimum absolute atomic E-state index is 0.0743. The summed E-state index contributed by atoms with van der Waals surface area (Å²) in [7, 11) is 1.33. The topological polar surface area (TPSA) is 123 Å². The standard InChI is InChI=1S/C26H32N2O7/c1-15(2)23(24(29)28-35-22(14-33-4)25(30)31)16(3)27-26(32)34-13-21-19-11-7-5-9-17(19)18-10-6-8-12-20(18)21/h5-12,15-16,21-23H,13-14H2,1-4H3,(H,27,32)(H,28,29)(H,30,31). The van der Waals surface area contributed by atoms with Crippen LogP contribution in [0.15, 0.2) is 48.5 Å². The van der Waals surface area contributed by atoms with Gasteiger partial charge in [0.15, 0.2) is 0 Å². The second-order valence-electron chi connectivity index (χ2n) is 8.89. The van der Waals surface area contributed by atoms with Gasteiger partial charge in [0, 0.05) is 19.1 Å². The van der Waals surface area contributed by atoms with Crippen molar-refractivity contribution in [2.75, 3.05) is 20.3 Å². The zero-order chi connectivity index (χ0) is 25.5. The van der Waals surface area contributed by atoms with Crippen LogP contribution in [0.3, 0.4) is 0 Å². The van der Waals surface area contributed by atoms with Crippen LogP contribution < -0.4 is 10.8 Å². The van der Waals surface area contributed by atoms with Gasteiger partial charge < -0.3 is 19.9 Å². The molecule has 0 radical (unpaired) electrons. The number of alkyl carbamates (subject to hydrolysis) is 1. The Morgan fingerprint density at radius 2 is 1.54 bits per heavy atom. The first-order valence-corrected chi connectivity index (χ1v) is 11.5. The van der Waals surface area contributed by atoms with Crippen molar-refractivity contribution in [3.63, 3.8) is 0 Å². The summed E-state index contributed by atoms with van der Waals surface area (Å²) in [4.78, 5) is 41.5. The summed E-state index contributed by atoms with van der Waals surface area (Å²) >= 11 is 0. The molecule has 9 nitrogen and oxygen atoms in total. The highest BCUT2D eigenvalue weighted by Crippen LogP contribution is 2.44. The van der Waals surface area contributed by atoms with Gasteiger partial charge in [-0.05, 0) is 35.1 Å². The third kappa shape index (κ3) is 6.17. The number of carboxylic acids is 1. The molecule has 0 aliphatic heterocycles. The summed E-state index contributed by atoms with van der Waals surface area (Å²) in [6.07, 6.45) is -1.98. The van der Waals surface area contributed by atoms with Crippen molar-refractivity contribution in [1.29, 1.82) is 0 Å². The Hall–Kier alpha value is -3.43. The minimum atomic E-state index is -1.35. The number of hydrogen-bond acceptors (Lipinski definition) is 6. The number of methoxy groups -OCH3 is 1. The summed E-state index contributed by atoms with van der Waals surface area (Å²) in [5, 5.41) is 11.9. The average Bonchev–Trinajstić information content (AvgIpc) is 3.13. The van der Waals surface area contributed by atoms with Gasteiger partial charge in [-0.25, -0.2) is 15.1 Å². The maximum absolute atomic E-state index is 12.7. The molecule has 0 bridgehead atoms. The summed E-state index contributed by atoms with van der Waals surface area (Å²) in [5.41, 5.74) is 6.67. The molecule has 3 unspecified atom stereocenters. The molecule has 35 heavy (non-hydrogen) atoms. The predicted molar refractivity (Wildman–Crippen MR) is 129 cm³/mol. The highest BCUT2D eigenvalue weighted by Gasteiger charge is 2.33. The van der Waals surface area contributed by atoms with Gasteiger partial charge in [0.2, 0.25) is 12.0 Å². The molecule has 3 N–H and O–H groups in total. The van der Waals surface area contributed by atoms with Gasteiger partial charge in [-0.3, -0.25) is 9.63 Å². The molecule has 3 atom stereocenters. The molecular weight excluding hydrogens is 452 g/mol. The van der Waals surface area contributed by atoms with Crippen LogP contribution in [0.5, 0.6) is 0 Å². The first-order chi connectivity index (χ1) is 16.7. The summed E-state index contributed by atoms with van der Waals surface area (Å²) < 4.78 is 10.4. The number of amides is 2. The van der Waals surface area contributed by atoms with E-state index in [2.05, 4.69) is 22.9 Å². The molecule has 0 saturated carbocycles. The SMILES string of the molecule is COCC(ONC(=O)C(C(C)C)C(C)NC(=O)OCC1c2ccccc2-c2ccccc21)C(=O)O. The molecule has 0 spiro atoms. The predicted octanol–water partition coefficient (Wildman–Crippen LogP) is 3.33. The molecule has 0 heterocycles. The van der Waals surface area contributed by atoms with Crippen molar-refractivity contribution in [2.24, 2.45) is 11.8 Å². The fraction of sp³-hybridized carbons (Fsp3) is 0.423. The zero-order valence-electron chi connectivity index (χ0n) is 20.3. The van der Waals surface area contributed by atoms with Gasteiger partial charge in [0.1, 0.15) is 6.61 Å². The third-order valence-corrected chi connectivity index (χ3v) is 6.14. The van der Waals surface area contributed by atoms with Gasteiger partial charge in [0.25, 0.3) is 0 Å². The van der Waals surface area contributed by atoms with Crippen LogP contribution in [0.25, 0.3) is 11.1 Å². The first-order valence-electron chi connectivity index (χ1n) is 11.5. The number of ether oxygens (including phenoxy) is 2. The number of hydrogen-bond donors (Lipinski definition) is 3. The molecule has 2 amide bonds. The highest BCUT2D eigenvalue weighted by molar-refractivity contribution is 5.81. The fourth-order valence-corrected chi connectivity index (χ4v) is 4.53. The van der Waals surface area contributed by atoms with E-state index in [4.69, 9.17) is 19.4 Å². The molecule has 9 heteroatoms. The van der Waals surface area contributed by atoms with Crippen molar-refractivity contribution in [3.05, 3.63) is 59.7 Å². The van der Waals surface area contributed by atoms with Crippen LogP contribution in [0.2, 0.25) is 0 Å². The second-order valence-corrected chi connectivity index (χ2v) is 8.89. The van der Waals surface area contributed by atoms with Gasteiger partial charge in [0.05, 0.1) is 12.5 Å².